The Morgan fingerprint density at radius 1 is 1.33 bits per heavy atom. The number of aliphatic carboxylic acids is 1. The summed E-state index contributed by atoms with van der Waals surface area (Å²) in [5.41, 5.74) is 1.35. The number of hydrogen-bond acceptors (Lipinski definition) is 5. The monoisotopic (exact) mass is 329 g/mol. The SMILES string of the molecule is CN(CC(=O)O)[C@H]1CN(C(=O)c2ccc3ncccc3c2)C[C@H]1O. The first kappa shape index (κ1) is 16.4. The molecular weight excluding hydrogens is 310 g/mol. The van der Waals surface area contributed by atoms with Crippen LogP contribution in [0, 0.1) is 0 Å². The number of aliphatic hydroxyl groups is 1. The molecule has 0 aliphatic carbocycles. The van der Waals surface area contributed by atoms with E-state index < -0.39 is 12.1 Å². The lowest BCUT2D eigenvalue weighted by Crippen LogP contribution is -2.43. The van der Waals surface area contributed by atoms with E-state index in [4.69, 9.17) is 5.11 Å². The van der Waals surface area contributed by atoms with Gasteiger partial charge in [-0.05, 0) is 31.3 Å². The summed E-state index contributed by atoms with van der Waals surface area (Å²) in [6, 6.07) is 8.62. The molecule has 1 aliphatic heterocycles. The minimum Gasteiger partial charge on any atom is -0.480 e. The van der Waals surface area contributed by atoms with E-state index >= 15 is 0 Å². The summed E-state index contributed by atoms with van der Waals surface area (Å²) in [6.07, 6.45) is 0.934. The van der Waals surface area contributed by atoms with Crippen LogP contribution in [-0.2, 0) is 4.79 Å². The van der Waals surface area contributed by atoms with E-state index in [2.05, 4.69) is 4.98 Å². The number of carboxylic acids is 1. The van der Waals surface area contributed by atoms with Crippen LogP contribution in [0.3, 0.4) is 0 Å². The van der Waals surface area contributed by atoms with Crippen molar-refractivity contribution in [3.05, 3.63) is 42.1 Å². The standard InChI is InChI=1S/C17H19N3O4/c1-19(10-16(22)23)14-8-20(9-15(14)21)17(24)12-4-5-13-11(7-12)3-2-6-18-13/h2-7,14-15,21H,8-10H2,1H3,(H,22,23)/t14-,15+/m0/s1. The molecular formula is C17H19N3O4. The fourth-order valence-electron chi connectivity index (χ4n) is 3.09. The van der Waals surface area contributed by atoms with Crippen molar-refractivity contribution in [3.63, 3.8) is 0 Å². The van der Waals surface area contributed by atoms with Gasteiger partial charge in [-0.15, -0.1) is 0 Å². The highest BCUT2D eigenvalue weighted by atomic mass is 16.4. The molecule has 0 saturated carbocycles. The summed E-state index contributed by atoms with van der Waals surface area (Å²) in [7, 11) is 1.64. The van der Waals surface area contributed by atoms with Crippen LogP contribution in [0.5, 0.6) is 0 Å². The first-order valence-corrected chi connectivity index (χ1v) is 7.70. The molecule has 1 saturated heterocycles. The number of aliphatic hydroxyl groups excluding tert-OH is 1. The maximum Gasteiger partial charge on any atom is 0.317 e. The van der Waals surface area contributed by atoms with Gasteiger partial charge in [-0.3, -0.25) is 19.5 Å². The van der Waals surface area contributed by atoms with Crippen LogP contribution in [0.25, 0.3) is 10.9 Å². The molecule has 1 aromatic heterocycles. The summed E-state index contributed by atoms with van der Waals surface area (Å²) in [4.78, 5) is 30.9. The number of benzene rings is 1. The van der Waals surface area contributed by atoms with Crippen LogP contribution >= 0.6 is 0 Å². The average molecular weight is 329 g/mol. The Bertz CT molecular complexity index is 779. The highest BCUT2D eigenvalue weighted by Crippen LogP contribution is 2.20. The molecule has 0 radical (unpaired) electrons. The Morgan fingerprint density at radius 3 is 2.88 bits per heavy atom. The van der Waals surface area contributed by atoms with Crippen LogP contribution in [-0.4, -0.2) is 75.7 Å². The smallest absolute Gasteiger partial charge is 0.317 e. The van der Waals surface area contributed by atoms with Crippen molar-refractivity contribution in [2.24, 2.45) is 0 Å². The molecule has 0 spiro atoms. The molecule has 0 unspecified atom stereocenters. The summed E-state index contributed by atoms with van der Waals surface area (Å²) in [5, 5.41) is 19.9. The zero-order chi connectivity index (χ0) is 17.3. The van der Waals surface area contributed by atoms with Gasteiger partial charge in [0, 0.05) is 30.2 Å². The molecule has 2 atom stereocenters. The second kappa shape index (κ2) is 6.54. The molecule has 1 fully saturated rings. The van der Waals surface area contributed by atoms with E-state index in [0.29, 0.717) is 12.1 Å². The van der Waals surface area contributed by atoms with E-state index in [1.807, 2.05) is 12.1 Å². The van der Waals surface area contributed by atoms with Gasteiger partial charge in [0.05, 0.1) is 24.2 Å². The van der Waals surface area contributed by atoms with Crippen molar-refractivity contribution >= 4 is 22.8 Å². The number of carboxylic acid groups (broad SMARTS) is 1. The second-order valence-electron chi connectivity index (χ2n) is 6.06. The van der Waals surface area contributed by atoms with Crippen LogP contribution in [0.4, 0.5) is 0 Å². The van der Waals surface area contributed by atoms with Crippen molar-refractivity contribution < 1.29 is 19.8 Å². The highest BCUT2D eigenvalue weighted by Gasteiger charge is 2.37. The highest BCUT2D eigenvalue weighted by molar-refractivity contribution is 5.98. The van der Waals surface area contributed by atoms with Crippen LogP contribution in [0.15, 0.2) is 36.5 Å². The average Bonchev–Trinajstić information content (AvgIpc) is 2.95. The van der Waals surface area contributed by atoms with Crippen molar-refractivity contribution in [3.8, 4) is 0 Å². The maximum absolute atomic E-state index is 12.7. The Morgan fingerprint density at radius 2 is 2.12 bits per heavy atom. The number of fused-ring (bicyclic) bond motifs is 1. The second-order valence-corrected chi connectivity index (χ2v) is 6.06. The molecule has 126 valence electrons. The molecule has 1 aliphatic rings. The fourth-order valence-corrected chi connectivity index (χ4v) is 3.09. The van der Waals surface area contributed by atoms with Gasteiger partial charge in [0.2, 0.25) is 0 Å². The largest absolute Gasteiger partial charge is 0.480 e. The molecule has 2 heterocycles. The zero-order valence-electron chi connectivity index (χ0n) is 13.3. The van der Waals surface area contributed by atoms with Crippen molar-refractivity contribution in [1.29, 1.82) is 0 Å². The van der Waals surface area contributed by atoms with Crippen LogP contribution in [0.1, 0.15) is 10.4 Å². The summed E-state index contributed by atoms with van der Waals surface area (Å²) in [5.74, 6) is -1.14. The zero-order valence-corrected chi connectivity index (χ0v) is 13.3. The third-order valence-electron chi connectivity index (χ3n) is 4.35. The number of amides is 1. The Hall–Kier alpha value is -2.51. The van der Waals surface area contributed by atoms with Crippen molar-refractivity contribution in [2.45, 2.75) is 12.1 Å². The number of β-amino-alcohol motifs (C(OH)–C–C–N with tert-alkyl or cyclic N) is 1. The molecule has 24 heavy (non-hydrogen) atoms. The molecule has 2 aromatic rings. The minimum absolute atomic E-state index is 0.175. The third kappa shape index (κ3) is 3.22. The molecule has 7 heteroatoms. The molecule has 2 N–H and O–H groups in total. The number of carbonyl (C=O) groups is 2. The molecule has 0 bridgehead atoms. The van der Waals surface area contributed by atoms with Gasteiger partial charge >= 0.3 is 5.97 Å². The van der Waals surface area contributed by atoms with Crippen LogP contribution < -0.4 is 0 Å². The summed E-state index contributed by atoms with van der Waals surface area (Å²) >= 11 is 0. The van der Waals surface area contributed by atoms with E-state index in [1.165, 1.54) is 0 Å². The normalized spacial score (nSPS) is 20.7. The van der Waals surface area contributed by atoms with E-state index in [9.17, 15) is 14.7 Å². The van der Waals surface area contributed by atoms with Gasteiger partial charge in [-0.25, -0.2) is 0 Å². The molecule has 1 amide bonds. The number of carbonyl (C=O) groups excluding carboxylic acids is 1. The number of pyridine rings is 1. The third-order valence-corrected chi connectivity index (χ3v) is 4.35. The predicted octanol–water partition coefficient (Wildman–Crippen LogP) is 0.436. The lowest BCUT2D eigenvalue weighted by Gasteiger charge is -2.24. The first-order chi connectivity index (χ1) is 11.5. The first-order valence-electron chi connectivity index (χ1n) is 7.70. The lowest BCUT2D eigenvalue weighted by atomic mass is 10.1. The number of rotatable bonds is 4. The Labute approximate surface area is 139 Å². The van der Waals surface area contributed by atoms with Gasteiger partial charge < -0.3 is 15.1 Å². The number of likely N-dealkylation sites (tertiary alicyclic amines) is 1. The van der Waals surface area contributed by atoms with Crippen molar-refractivity contribution in [1.82, 2.24) is 14.8 Å². The van der Waals surface area contributed by atoms with Gasteiger partial charge in [-0.1, -0.05) is 6.07 Å². The van der Waals surface area contributed by atoms with E-state index in [-0.39, 0.29) is 25.0 Å². The Kier molecular flexibility index (Phi) is 4.46. The Balaban J connectivity index is 1.76. The van der Waals surface area contributed by atoms with Gasteiger partial charge in [-0.2, -0.15) is 0 Å². The number of nitrogens with zero attached hydrogens (tertiary/aromatic N) is 3. The summed E-state index contributed by atoms with van der Waals surface area (Å²) < 4.78 is 0. The molecule has 1 aromatic carbocycles. The maximum atomic E-state index is 12.7. The minimum atomic E-state index is -0.962. The number of likely N-dealkylation sites (N-methyl/N-ethyl adjacent to an activating group) is 1. The van der Waals surface area contributed by atoms with Gasteiger partial charge in [0.25, 0.3) is 5.91 Å². The quantitative estimate of drug-likeness (QED) is 0.845. The number of hydrogen-bond donors (Lipinski definition) is 2. The van der Waals surface area contributed by atoms with Crippen LogP contribution in [0.2, 0.25) is 0 Å². The lowest BCUT2D eigenvalue weighted by molar-refractivity contribution is -0.138. The van der Waals surface area contributed by atoms with Gasteiger partial charge in [0.15, 0.2) is 0 Å². The predicted molar refractivity (Wildman–Crippen MR) is 87.7 cm³/mol. The molecule has 7 nitrogen and oxygen atoms in total. The molecule has 3 rings (SSSR count). The van der Waals surface area contributed by atoms with Gasteiger partial charge in [0.1, 0.15) is 0 Å². The van der Waals surface area contributed by atoms with E-state index in [1.54, 1.807) is 41.2 Å². The summed E-state index contributed by atoms with van der Waals surface area (Å²) in [6.45, 7) is 0.318. The van der Waals surface area contributed by atoms with Crippen molar-refractivity contribution in [2.75, 3.05) is 26.7 Å². The topological polar surface area (TPSA) is 94.0 Å². The van der Waals surface area contributed by atoms with E-state index in [0.717, 1.165) is 10.9 Å². The number of aromatic nitrogens is 1. The fraction of sp³-hybridized carbons (Fsp3) is 0.353.